The summed E-state index contributed by atoms with van der Waals surface area (Å²) >= 11 is 1.64. The first-order valence-corrected chi connectivity index (χ1v) is 7.22. The fourth-order valence-corrected chi connectivity index (χ4v) is 2.89. The second kappa shape index (κ2) is 6.00. The summed E-state index contributed by atoms with van der Waals surface area (Å²) in [7, 11) is 0. The van der Waals surface area contributed by atoms with Crippen LogP contribution in [0, 0.1) is 13.8 Å². The van der Waals surface area contributed by atoms with Crippen molar-refractivity contribution in [1.82, 2.24) is 15.3 Å². The molecule has 1 atom stereocenters. The van der Waals surface area contributed by atoms with E-state index < -0.39 is 0 Å². The first kappa shape index (κ1) is 14.5. The van der Waals surface area contributed by atoms with Crippen molar-refractivity contribution in [2.45, 2.75) is 26.8 Å². The quantitative estimate of drug-likeness (QED) is 0.830. The minimum Gasteiger partial charge on any atom is -0.358 e. The third kappa shape index (κ3) is 2.80. The van der Waals surface area contributed by atoms with Crippen molar-refractivity contribution in [3.8, 4) is 0 Å². The Morgan fingerprint density at radius 2 is 2.25 bits per heavy atom. The Kier molecular flexibility index (Phi) is 4.34. The molecule has 0 spiro atoms. The zero-order valence-corrected chi connectivity index (χ0v) is 12.7. The van der Waals surface area contributed by atoms with Crippen LogP contribution in [0.2, 0.25) is 0 Å². The number of rotatable bonds is 5. The lowest BCUT2D eigenvalue weighted by Crippen LogP contribution is -2.37. The van der Waals surface area contributed by atoms with Crippen molar-refractivity contribution in [1.29, 1.82) is 0 Å². The highest BCUT2D eigenvalue weighted by Crippen LogP contribution is 2.32. The van der Waals surface area contributed by atoms with Gasteiger partial charge in [-0.25, -0.2) is 9.97 Å². The topological polar surface area (TPSA) is 66.9 Å². The fraction of sp³-hybridized carbons (Fsp3) is 0.357. The summed E-state index contributed by atoms with van der Waals surface area (Å²) in [5.74, 6) is 0.624. The van der Waals surface area contributed by atoms with Crippen molar-refractivity contribution < 1.29 is 4.79 Å². The standard InChI is InChI=1S/C14H18N4OS/c1-5-6-15-13(19)9(3)18-12-11-8(2)10(4)20-14(11)17-7-16-12/h5,7,9H,1,6H2,2-4H3,(H,15,19)(H,16,17,18)/t9-/m1/s1. The number of hydrogen-bond donors (Lipinski definition) is 2. The molecule has 0 aliphatic rings. The highest BCUT2D eigenvalue weighted by molar-refractivity contribution is 7.18. The number of amides is 1. The van der Waals surface area contributed by atoms with Crippen molar-refractivity contribution in [3.63, 3.8) is 0 Å². The van der Waals surface area contributed by atoms with E-state index in [0.717, 1.165) is 15.8 Å². The van der Waals surface area contributed by atoms with Gasteiger partial charge in [0, 0.05) is 11.4 Å². The molecule has 0 saturated carbocycles. The zero-order chi connectivity index (χ0) is 14.7. The molecule has 0 bridgehead atoms. The van der Waals surface area contributed by atoms with Crippen LogP contribution in [0.5, 0.6) is 0 Å². The van der Waals surface area contributed by atoms with Crippen LogP contribution < -0.4 is 10.6 Å². The number of hydrogen-bond acceptors (Lipinski definition) is 5. The van der Waals surface area contributed by atoms with E-state index in [9.17, 15) is 4.79 Å². The van der Waals surface area contributed by atoms with E-state index in [4.69, 9.17) is 0 Å². The molecule has 2 heterocycles. The minimum atomic E-state index is -0.368. The average Bonchev–Trinajstić information content (AvgIpc) is 2.72. The summed E-state index contributed by atoms with van der Waals surface area (Å²) in [4.78, 5) is 22.6. The molecular weight excluding hydrogens is 272 g/mol. The van der Waals surface area contributed by atoms with Crippen molar-refractivity contribution >= 4 is 33.3 Å². The van der Waals surface area contributed by atoms with Gasteiger partial charge in [0.05, 0.1) is 5.39 Å². The fourth-order valence-electron chi connectivity index (χ4n) is 1.89. The summed E-state index contributed by atoms with van der Waals surface area (Å²) in [6.07, 6.45) is 3.17. The van der Waals surface area contributed by atoms with Gasteiger partial charge in [0.1, 0.15) is 23.0 Å². The maximum absolute atomic E-state index is 11.9. The molecule has 0 aliphatic carbocycles. The van der Waals surface area contributed by atoms with Crippen molar-refractivity contribution in [2.24, 2.45) is 0 Å². The molecule has 1 amide bonds. The van der Waals surface area contributed by atoms with Crippen LogP contribution in [0.4, 0.5) is 5.82 Å². The summed E-state index contributed by atoms with van der Waals surface area (Å²) < 4.78 is 0. The summed E-state index contributed by atoms with van der Waals surface area (Å²) in [5, 5.41) is 6.92. The predicted molar refractivity (Wildman–Crippen MR) is 83.2 cm³/mol. The monoisotopic (exact) mass is 290 g/mol. The molecule has 0 saturated heterocycles. The summed E-state index contributed by atoms with van der Waals surface area (Å²) in [5.41, 5.74) is 1.16. The van der Waals surface area contributed by atoms with E-state index in [-0.39, 0.29) is 11.9 Å². The highest BCUT2D eigenvalue weighted by Gasteiger charge is 2.16. The first-order chi connectivity index (χ1) is 9.54. The molecule has 20 heavy (non-hydrogen) atoms. The van der Waals surface area contributed by atoms with Gasteiger partial charge in [0.25, 0.3) is 0 Å². The molecular formula is C14H18N4OS. The van der Waals surface area contributed by atoms with E-state index >= 15 is 0 Å². The van der Waals surface area contributed by atoms with Crippen LogP contribution >= 0.6 is 11.3 Å². The second-order valence-electron chi connectivity index (χ2n) is 4.59. The SMILES string of the molecule is C=CCNC(=O)[C@@H](C)Nc1ncnc2sc(C)c(C)c12. The third-order valence-corrected chi connectivity index (χ3v) is 4.25. The van der Waals surface area contributed by atoms with Gasteiger partial charge in [-0.05, 0) is 26.3 Å². The number of nitrogens with zero attached hydrogens (tertiary/aromatic N) is 2. The number of anilines is 1. The second-order valence-corrected chi connectivity index (χ2v) is 5.79. The molecule has 2 aromatic rings. The lowest BCUT2D eigenvalue weighted by molar-refractivity contribution is -0.121. The molecule has 5 nitrogen and oxygen atoms in total. The van der Waals surface area contributed by atoms with E-state index in [1.807, 2.05) is 6.92 Å². The first-order valence-electron chi connectivity index (χ1n) is 6.40. The van der Waals surface area contributed by atoms with Crippen molar-refractivity contribution in [3.05, 3.63) is 29.4 Å². The number of carbonyl (C=O) groups is 1. The molecule has 0 aliphatic heterocycles. The van der Waals surface area contributed by atoms with Crippen LogP contribution in [-0.2, 0) is 4.79 Å². The van der Waals surface area contributed by atoms with E-state index in [0.29, 0.717) is 12.4 Å². The average molecular weight is 290 g/mol. The maximum Gasteiger partial charge on any atom is 0.242 e. The molecule has 0 radical (unpaired) electrons. The number of thiophene rings is 1. The van der Waals surface area contributed by atoms with Gasteiger partial charge in [0.15, 0.2) is 0 Å². The largest absolute Gasteiger partial charge is 0.358 e. The Bertz CT molecular complexity index is 650. The number of carbonyl (C=O) groups excluding carboxylic acids is 1. The summed E-state index contributed by atoms with van der Waals surface area (Å²) in [6, 6.07) is -0.368. The number of aromatic nitrogens is 2. The smallest absolute Gasteiger partial charge is 0.242 e. The minimum absolute atomic E-state index is 0.0822. The van der Waals surface area contributed by atoms with Gasteiger partial charge < -0.3 is 10.6 Å². The van der Waals surface area contributed by atoms with E-state index in [1.54, 1.807) is 24.3 Å². The summed E-state index contributed by atoms with van der Waals surface area (Å²) in [6.45, 7) is 9.95. The van der Waals surface area contributed by atoms with Gasteiger partial charge in [-0.3, -0.25) is 4.79 Å². The Morgan fingerprint density at radius 3 is 2.95 bits per heavy atom. The molecule has 0 unspecified atom stereocenters. The molecule has 0 fully saturated rings. The lowest BCUT2D eigenvalue weighted by Gasteiger charge is -2.14. The zero-order valence-electron chi connectivity index (χ0n) is 11.9. The number of nitrogens with one attached hydrogen (secondary N) is 2. The molecule has 0 aromatic carbocycles. The molecule has 2 N–H and O–H groups in total. The van der Waals surface area contributed by atoms with Gasteiger partial charge in [-0.15, -0.1) is 17.9 Å². The van der Waals surface area contributed by atoms with Gasteiger partial charge >= 0.3 is 0 Å². The Balaban J connectivity index is 2.25. The van der Waals surface area contributed by atoms with Crippen LogP contribution in [0.3, 0.4) is 0 Å². The Labute approximate surface area is 122 Å². The predicted octanol–water partition coefficient (Wildman–Crippen LogP) is 2.41. The molecule has 2 rings (SSSR count). The molecule has 2 aromatic heterocycles. The van der Waals surface area contributed by atoms with Crippen molar-refractivity contribution in [2.75, 3.05) is 11.9 Å². The van der Waals surface area contributed by atoms with Gasteiger partial charge in [0.2, 0.25) is 5.91 Å². The lowest BCUT2D eigenvalue weighted by atomic mass is 10.2. The third-order valence-electron chi connectivity index (χ3n) is 3.13. The molecule has 106 valence electrons. The van der Waals surface area contributed by atoms with Crippen LogP contribution in [0.1, 0.15) is 17.4 Å². The van der Waals surface area contributed by atoms with Crippen LogP contribution in [0.25, 0.3) is 10.2 Å². The van der Waals surface area contributed by atoms with Gasteiger partial charge in [-0.2, -0.15) is 0 Å². The normalized spacial score (nSPS) is 12.2. The van der Waals surface area contributed by atoms with Crippen LogP contribution in [-0.4, -0.2) is 28.5 Å². The Hall–Kier alpha value is -1.95. The highest BCUT2D eigenvalue weighted by atomic mass is 32.1. The number of aryl methyl sites for hydroxylation is 2. The maximum atomic E-state index is 11.9. The Morgan fingerprint density at radius 1 is 1.50 bits per heavy atom. The molecule has 6 heteroatoms. The van der Waals surface area contributed by atoms with E-state index in [1.165, 1.54) is 11.2 Å². The van der Waals surface area contributed by atoms with Gasteiger partial charge in [-0.1, -0.05) is 6.08 Å². The van der Waals surface area contributed by atoms with Crippen LogP contribution in [0.15, 0.2) is 19.0 Å². The number of fused-ring (bicyclic) bond motifs is 1. The van der Waals surface area contributed by atoms with E-state index in [2.05, 4.69) is 34.1 Å².